The molecule has 0 saturated heterocycles. The lowest BCUT2D eigenvalue weighted by molar-refractivity contribution is 0.417. The van der Waals surface area contributed by atoms with Crippen LogP contribution in [0.5, 0.6) is 0 Å². The molecule has 0 aromatic carbocycles. The van der Waals surface area contributed by atoms with E-state index < -0.39 is 0 Å². The van der Waals surface area contributed by atoms with Gasteiger partial charge in [-0.3, -0.25) is 4.68 Å². The molecule has 0 spiro atoms. The molecule has 1 aromatic heterocycles. The SMILES string of the molecule is Cc1nn(C)c(Cl)c1CC(C)(C)CCl. The van der Waals surface area contributed by atoms with E-state index in [1.54, 1.807) is 4.68 Å². The van der Waals surface area contributed by atoms with Crippen LogP contribution in [0.15, 0.2) is 0 Å². The number of hydrogen-bond donors (Lipinski definition) is 0. The Morgan fingerprint density at radius 3 is 2.36 bits per heavy atom. The maximum Gasteiger partial charge on any atom is 0.130 e. The summed E-state index contributed by atoms with van der Waals surface area (Å²) < 4.78 is 1.70. The van der Waals surface area contributed by atoms with Gasteiger partial charge in [0, 0.05) is 18.5 Å². The molecule has 1 aromatic rings. The highest BCUT2D eigenvalue weighted by molar-refractivity contribution is 6.30. The Morgan fingerprint density at radius 1 is 1.43 bits per heavy atom. The normalized spacial score (nSPS) is 12.1. The Labute approximate surface area is 95.2 Å². The number of alkyl halides is 1. The molecule has 2 nitrogen and oxygen atoms in total. The first-order valence-corrected chi connectivity index (χ1v) is 5.52. The molecule has 0 bridgehead atoms. The van der Waals surface area contributed by atoms with Gasteiger partial charge in [-0.1, -0.05) is 25.4 Å². The van der Waals surface area contributed by atoms with Gasteiger partial charge < -0.3 is 0 Å². The van der Waals surface area contributed by atoms with Gasteiger partial charge in [0.25, 0.3) is 0 Å². The Kier molecular flexibility index (Phi) is 3.49. The molecule has 0 N–H and O–H groups in total. The van der Waals surface area contributed by atoms with E-state index in [0.29, 0.717) is 5.88 Å². The summed E-state index contributed by atoms with van der Waals surface area (Å²) in [5.41, 5.74) is 2.18. The summed E-state index contributed by atoms with van der Waals surface area (Å²) in [6.45, 7) is 6.23. The van der Waals surface area contributed by atoms with Crippen molar-refractivity contribution in [3.05, 3.63) is 16.4 Å². The summed E-state index contributed by atoms with van der Waals surface area (Å²) in [6.07, 6.45) is 0.870. The molecule has 14 heavy (non-hydrogen) atoms. The average Bonchev–Trinajstić information content (AvgIpc) is 2.32. The molecule has 0 fully saturated rings. The zero-order chi connectivity index (χ0) is 10.9. The van der Waals surface area contributed by atoms with E-state index >= 15 is 0 Å². The van der Waals surface area contributed by atoms with Crippen molar-refractivity contribution >= 4 is 23.2 Å². The zero-order valence-electron chi connectivity index (χ0n) is 9.06. The number of rotatable bonds is 3. The van der Waals surface area contributed by atoms with Crippen LogP contribution >= 0.6 is 23.2 Å². The number of hydrogen-bond acceptors (Lipinski definition) is 1. The first-order chi connectivity index (χ1) is 6.37. The van der Waals surface area contributed by atoms with Crippen LogP contribution in [0.1, 0.15) is 25.1 Å². The van der Waals surface area contributed by atoms with Crippen molar-refractivity contribution in [2.75, 3.05) is 5.88 Å². The second-order valence-corrected chi connectivity index (χ2v) is 5.08. The van der Waals surface area contributed by atoms with Crippen LogP contribution in [0.25, 0.3) is 0 Å². The van der Waals surface area contributed by atoms with Gasteiger partial charge in [0.2, 0.25) is 0 Å². The summed E-state index contributed by atoms with van der Waals surface area (Å²) in [5.74, 6) is 0.623. The molecule has 0 saturated carbocycles. The maximum atomic E-state index is 6.13. The molecule has 0 amide bonds. The Balaban J connectivity index is 2.97. The van der Waals surface area contributed by atoms with E-state index in [2.05, 4.69) is 18.9 Å². The van der Waals surface area contributed by atoms with Gasteiger partial charge in [0.05, 0.1) is 5.69 Å². The number of nitrogens with zero attached hydrogens (tertiary/aromatic N) is 2. The van der Waals surface area contributed by atoms with E-state index in [1.165, 1.54) is 0 Å². The third-order valence-corrected chi connectivity index (χ3v) is 3.48. The molecular weight excluding hydrogens is 219 g/mol. The molecule has 4 heteroatoms. The molecule has 0 aliphatic carbocycles. The third-order valence-electron chi connectivity index (χ3n) is 2.29. The van der Waals surface area contributed by atoms with Crippen molar-refractivity contribution in [1.82, 2.24) is 9.78 Å². The molecule has 0 radical (unpaired) electrons. The van der Waals surface area contributed by atoms with Gasteiger partial charge in [-0.25, -0.2) is 0 Å². The summed E-state index contributed by atoms with van der Waals surface area (Å²) in [5, 5.41) is 4.99. The van der Waals surface area contributed by atoms with Crippen molar-refractivity contribution in [2.45, 2.75) is 27.2 Å². The fourth-order valence-corrected chi connectivity index (χ4v) is 1.74. The third kappa shape index (κ3) is 2.43. The Bertz CT molecular complexity index is 329. The van der Waals surface area contributed by atoms with E-state index in [4.69, 9.17) is 23.2 Å². The molecule has 1 rings (SSSR count). The van der Waals surface area contributed by atoms with Crippen LogP contribution in [0, 0.1) is 12.3 Å². The number of aryl methyl sites for hydroxylation is 2. The second kappa shape index (κ2) is 4.11. The second-order valence-electron chi connectivity index (χ2n) is 4.45. The lowest BCUT2D eigenvalue weighted by Gasteiger charge is -2.20. The van der Waals surface area contributed by atoms with Crippen LogP contribution in [0.4, 0.5) is 0 Å². The van der Waals surface area contributed by atoms with Crippen molar-refractivity contribution < 1.29 is 0 Å². The molecule has 0 aliphatic heterocycles. The van der Waals surface area contributed by atoms with Gasteiger partial charge in [0.15, 0.2) is 0 Å². The average molecular weight is 235 g/mol. The van der Waals surface area contributed by atoms with Gasteiger partial charge in [-0.05, 0) is 18.8 Å². The monoisotopic (exact) mass is 234 g/mol. The number of aromatic nitrogens is 2. The first-order valence-electron chi connectivity index (χ1n) is 4.61. The van der Waals surface area contributed by atoms with E-state index in [1.807, 2.05) is 14.0 Å². The summed E-state index contributed by atoms with van der Waals surface area (Å²) >= 11 is 12.0. The van der Waals surface area contributed by atoms with Crippen LogP contribution in [0.3, 0.4) is 0 Å². The van der Waals surface area contributed by atoms with Crippen molar-refractivity contribution in [1.29, 1.82) is 0 Å². The molecule has 0 unspecified atom stereocenters. The van der Waals surface area contributed by atoms with Crippen LogP contribution in [-0.2, 0) is 13.5 Å². The summed E-state index contributed by atoms with van der Waals surface area (Å²) in [7, 11) is 1.85. The van der Waals surface area contributed by atoms with Crippen molar-refractivity contribution in [3.63, 3.8) is 0 Å². The minimum Gasteiger partial charge on any atom is -0.257 e. The van der Waals surface area contributed by atoms with Crippen molar-refractivity contribution in [3.8, 4) is 0 Å². The van der Waals surface area contributed by atoms with Crippen LogP contribution < -0.4 is 0 Å². The lowest BCUT2D eigenvalue weighted by atomic mass is 9.88. The standard InChI is InChI=1S/C10H16Cl2N2/c1-7-8(5-10(2,3)6-11)9(12)14(4)13-7/h5-6H2,1-4H3. The molecule has 0 aliphatic rings. The maximum absolute atomic E-state index is 6.13. The number of halogens is 2. The molecular formula is C10H16Cl2N2. The summed E-state index contributed by atoms with van der Waals surface area (Å²) in [4.78, 5) is 0. The molecule has 1 heterocycles. The highest BCUT2D eigenvalue weighted by Gasteiger charge is 2.22. The minimum absolute atomic E-state index is 0.0684. The Morgan fingerprint density at radius 2 is 2.00 bits per heavy atom. The minimum atomic E-state index is 0.0684. The van der Waals surface area contributed by atoms with Gasteiger partial charge in [0.1, 0.15) is 5.15 Å². The smallest absolute Gasteiger partial charge is 0.130 e. The largest absolute Gasteiger partial charge is 0.257 e. The first kappa shape index (κ1) is 11.9. The summed E-state index contributed by atoms with van der Waals surface area (Å²) in [6, 6.07) is 0. The van der Waals surface area contributed by atoms with E-state index in [9.17, 15) is 0 Å². The van der Waals surface area contributed by atoms with Gasteiger partial charge in [-0.15, -0.1) is 11.6 Å². The quantitative estimate of drug-likeness (QED) is 0.735. The lowest BCUT2D eigenvalue weighted by Crippen LogP contribution is -2.17. The van der Waals surface area contributed by atoms with Gasteiger partial charge in [-0.2, -0.15) is 5.10 Å². The molecule has 80 valence electrons. The van der Waals surface area contributed by atoms with Crippen molar-refractivity contribution in [2.24, 2.45) is 12.5 Å². The fourth-order valence-electron chi connectivity index (χ4n) is 1.40. The predicted molar refractivity (Wildman–Crippen MR) is 61.2 cm³/mol. The molecule has 0 atom stereocenters. The fraction of sp³-hybridized carbons (Fsp3) is 0.700. The zero-order valence-corrected chi connectivity index (χ0v) is 10.6. The highest BCUT2D eigenvalue weighted by atomic mass is 35.5. The van der Waals surface area contributed by atoms with Crippen LogP contribution in [0.2, 0.25) is 5.15 Å². The highest BCUT2D eigenvalue weighted by Crippen LogP contribution is 2.29. The predicted octanol–water partition coefficient (Wildman–Crippen LogP) is 3.19. The van der Waals surface area contributed by atoms with E-state index in [-0.39, 0.29) is 5.41 Å². The van der Waals surface area contributed by atoms with Gasteiger partial charge >= 0.3 is 0 Å². The van der Waals surface area contributed by atoms with E-state index in [0.717, 1.165) is 22.8 Å². The topological polar surface area (TPSA) is 17.8 Å². The Hall–Kier alpha value is -0.210. The van der Waals surface area contributed by atoms with Crippen LogP contribution in [-0.4, -0.2) is 15.7 Å².